The molecule has 4 rings (SSSR count). The second-order valence-corrected chi connectivity index (χ2v) is 9.03. The Balaban J connectivity index is 1.89. The highest BCUT2D eigenvalue weighted by molar-refractivity contribution is 6.19. The Kier molecular flexibility index (Phi) is 7.69. The molecule has 1 aliphatic heterocycles. The smallest absolute Gasteiger partial charge is 0.271 e. The zero-order valence-corrected chi connectivity index (χ0v) is 21.6. The average Bonchev–Trinajstić information content (AvgIpc) is 3.33. The van der Waals surface area contributed by atoms with Crippen molar-refractivity contribution in [2.45, 2.75) is 40.0 Å². The Morgan fingerprint density at radius 2 is 1.81 bits per heavy atom. The van der Waals surface area contributed by atoms with Crippen LogP contribution in [0.4, 0.5) is 0 Å². The van der Waals surface area contributed by atoms with Gasteiger partial charge in [0, 0.05) is 29.4 Å². The van der Waals surface area contributed by atoms with Crippen molar-refractivity contribution in [2.24, 2.45) is 0 Å². The Labute approximate surface area is 217 Å². The molecule has 3 aromatic rings. The van der Waals surface area contributed by atoms with E-state index < -0.39 is 5.91 Å². The molecule has 0 atom stereocenters. The number of hydrogen-bond acceptors (Lipinski definition) is 5. The minimum atomic E-state index is -0.524. The summed E-state index contributed by atoms with van der Waals surface area (Å²) >= 11 is 0. The third-order valence-corrected chi connectivity index (χ3v) is 6.56. The maximum atomic E-state index is 13.5. The van der Waals surface area contributed by atoms with Crippen LogP contribution < -0.4 is 4.74 Å². The van der Waals surface area contributed by atoms with E-state index in [1.165, 1.54) is 4.90 Å². The summed E-state index contributed by atoms with van der Waals surface area (Å²) in [6.07, 6.45) is 6.17. The number of nitriles is 1. The third kappa shape index (κ3) is 5.10. The highest BCUT2D eigenvalue weighted by Gasteiger charge is 2.35. The van der Waals surface area contributed by atoms with Gasteiger partial charge in [0.2, 0.25) is 0 Å². The van der Waals surface area contributed by atoms with Gasteiger partial charge in [0.05, 0.1) is 12.8 Å². The van der Waals surface area contributed by atoms with Crippen LogP contribution in [0.15, 0.2) is 71.4 Å². The number of benzene rings is 2. The molecule has 0 bridgehead atoms. The van der Waals surface area contributed by atoms with Gasteiger partial charge in [0.1, 0.15) is 23.1 Å². The SMILES string of the molecule is CCCCCN1C(=O)C(C#N)=C(C)/C(=C\c2cn(-c3ccccc3)nc2-c2ccc(OC)cc2C)C1=O. The van der Waals surface area contributed by atoms with E-state index in [2.05, 4.69) is 6.92 Å². The van der Waals surface area contributed by atoms with Crippen LogP contribution >= 0.6 is 0 Å². The van der Waals surface area contributed by atoms with Crippen molar-refractivity contribution in [1.82, 2.24) is 14.7 Å². The van der Waals surface area contributed by atoms with E-state index >= 15 is 0 Å². The van der Waals surface area contributed by atoms with E-state index in [0.29, 0.717) is 28.8 Å². The molecule has 2 heterocycles. The number of aromatic nitrogens is 2. The minimum Gasteiger partial charge on any atom is -0.497 e. The quantitative estimate of drug-likeness (QED) is 0.230. The van der Waals surface area contributed by atoms with Crippen molar-refractivity contribution >= 4 is 17.9 Å². The summed E-state index contributed by atoms with van der Waals surface area (Å²) in [6, 6.07) is 17.5. The first-order valence-corrected chi connectivity index (χ1v) is 12.4. The first-order chi connectivity index (χ1) is 17.9. The topological polar surface area (TPSA) is 88.2 Å². The number of carbonyl (C=O) groups excluding carboxylic acids is 2. The van der Waals surface area contributed by atoms with Crippen molar-refractivity contribution in [3.8, 4) is 28.8 Å². The van der Waals surface area contributed by atoms with E-state index in [4.69, 9.17) is 9.84 Å². The van der Waals surface area contributed by atoms with Gasteiger partial charge in [0.25, 0.3) is 11.8 Å². The van der Waals surface area contributed by atoms with E-state index in [0.717, 1.165) is 35.4 Å². The zero-order chi connectivity index (χ0) is 26.5. The summed E-state index contributed by atoms with van der Waals surface area (Å²) in [6.45, 7) is 5.98. The van der Waals surface area contributed by atoms with Gasteiger partial charge in [-0.25, -0.2) is 4.68 Å². The fraction of sp³-hybridized carbons (Fsp3) is 0.267. The van der Waals surface area contributed by atoms with Gasteiger partial charge in [-0.3, -0.25) is 14.5 Å². The molecular formula is C30H30N4O3. The monoisotopic (exact) mass is 494 g/mol. The lowest BCUT2D eigenvalue weighted by Gasteiger charge is -2.27. The van der Waals surface area contributed by atoms with Crippen LogP contribution in [0.5, 0.6) is 5.75 Å². The first kappa shape index (κ1) is 25.6. The second-order valence-electron chi connectivity index (χ2n) is 9.03. The molecule has 7 heteroatoms. The van der Waals surface area contributed by atoms with Gasteiger partial charge < -0.3 is 4.74 Å². The molecule has 0 aliphatic carbocycles. The number of aryl methyl sites for hydroxylation is 1. The number of ether oxygens (including phenoxy) is 1. The van der Waals surface area contributed by atoms with Crippen molar-refractivity contribution < 1.29 is 14.3 Å². The largest absolute Gasteiger partial charge is 0.497 e. The summed E-state index contributed by atoms with van der Waals surface area (Å²) in [5, 5.41) is 14.6. The summed E-state index contributed by atoms with van der Waals surface area (Å²) in [5.41, 5.74) is 4.83. The third-order valence-electron chi connectivity index (χ3n) is 6.56. The second kappa shape index (κ2) is 11.1. The van der Waals surface area contributed by atoms with E-state index in [1.54, 1.807) is 24.8 Å². The average molecular weight is 495 g/mol. The van der Waals surface area contributed by atoms with Crippen LogP contribution in [-0.4, -0.2) is 40.1 Å². The summed E-state index contributed by atoms with van der Waals surface area (Å²) in [4.78, 5) is 27.7. The fourth-order valence-electron chi connectivity index (χ4n) is 4.45. The number of para-hydroxylation sites is 1. The molecule has 0 fully saturated rings. The molecule has 2 aromatic carbocycles. The molecule has 0 spiro atoms. The molecule has 7 nitrogen and oxygen atoms in total. The number of imide groups is 1. The summed E-state index contributed by atoms with van der Waals surface area (Å²) < 4.78 is 7.14. The number of methoxy groups -OCH3 is 1. The number of unbranched alkanes of at least 4 members (excludes halogenated alkanes) is 2. The van der Waals surface area contributed by atoms with Crippen LogP contribution in [0.25, 0.3) is 23.0 Å². The standard InChI is InChI=1S/C30H30N4O3/c1-5-6-10-15-33-29(35)26(21(3)27(18-31)30(33)36)17-22-19-34(23-11-8-7-9-12-23)32-28(22)25-14-13-24(37-4)16-20(25)2/h7-9,11-14,16-17,19H,5-6,10,15H2,1-4H3/b26-17+. The van der Waals surface area contributed by atoms with E-state index in [9.17, 15) is 14.9 Å². The molecule has 1 aliphatic rings. The number of amides is 2. The van der Waals surface area contributed by atoms with Gasteiger partial charge in [-0.2, -0.15) is 10.4 Å². The molecule has 2 amide bonds. The minimum absolute atomic E-state index is 0.0000206. The Bertz CT molecular complexity index is 1440. The predicted octanol–water partition coefficient (Wildman–Crippen LogP) is 5.64. The number of nitrogens with zero attached hydrogens (tertiary/aromatic N) is 4. The maximum Gasteiger partial charge on any atom is 0.271 e. The number of carbonyl (C=O) groups is 2. The fourth-order valence-corrected chi connectivity index (χ4v) is 4.45. The molecular weight excluding hydrogens is 464 g/mol. The molecule has 188 valence electrons. The lowest BCUT2D eigenvalue weighted by Crippen LogP contribution is -2.43. The lowest BCUT2D eigenvalue weighted by molar-refractivity contribution is -0.140. The molecule has 0 radical (unpaired) electrons. The van der Waals surface area contributed by atoms with Gasteiger partial charge in [0.15, 0.2) is 0 Å². The predicted molar refractivity (Wildman–Crippen MR) is 143 cm³/mol. The van der Waals surface area contributed by atoms with Gasteiger partial charge in [-0.15, -0.1) is 0 Å². The molecule has 0 saturated heterocycles. The number of rotatable bonds is 8. The van der Waals surface area contributed by atoms with Crippen molar-refractivity contribution in [2.75, 3.05) is 13.7 Å². The summed E-state index contributed by atoms with van der Waals surface area (Å²) in [5.74, 6) is -0.170. The highest BCUT2D eigenvalue weighted by Crippen LogP contribution is 2.33. The van der Waals surface area contributed by atoms with Gasteiger partial charge in [-0.05, 0) is 67.8 Å². The Hall–Kier alpha value is -4.44. The van der Waals surface area contributed by atoms with Crippen LogP contribution in [0.3, 0.4) is 0 Å². The Morgan fingerprint density at radius 3 is 2.46 bits per heavy atom. The lowest BCUT2D eigenvalue weighted by atomic mass is 9.92. The molecule has 0 unspecified atom stereocenters. The van der Waals surface area contributed by atoms with Gasteiger partial charge in [-0.1, -0.05) is 38.0 Å². The normalized spacial score (nSPS) is 14.9. The summed E-state index contributed by atoms with van der Waals surface area (Å²) in [7, 11) is 1.62. The number of hydrogen-bond donors (Lipinski definition) is 0. The van der Waals surface area contributed by atoms with Crippen molar-refractivity contribution in [1.29, 1.82) is 5.26 Å². The van der Waals surface area contributed by atoms with Crippen molar-refractivity contribution in [3.05, 3.63) is 82.6 Å². The van der Waals surface area contributed by atoms with Crippen LogP contribution in [0.1, 0.15) is 44.2 Å². The van der Waals surface area contributed by atoms with Crippen LogP contribution in [0, 0.1) is 18.3 Å². The van der Waals surface area contributed by atoms with E-state index in [1.807, 2.05) is 67.7 Å². The van der Waals surface area contributed by atoms with Crippen molar-refractivity contribution in [3.63, 3.8) is 0 Å². The van der Waals surface area contributed by atoms with Crippen LogP contribution in [0.2, 0.25) is 0 Å². The van der Waals surface area contributed by atoms with E-state index in [-0.39, 0.29) is 18.0 Å². The highest BCUT2D eigenvalue weighted by atomic mass is 16.5. The zero-order valence-electron chi connectivity index (χ0n) is 21.6. The first-order valence-electron chi connectivity index (χ1n) is 12.4. The molecule has 0 saturated carbocycles. The Morgan fingerprint density at radius 1 is 1.05 bits per heavy atom. The molecule has 1 aromatic heterocycles. The van der Waals surface area contributed by atoms with Gasteiger partial charge >= 0.3 is 0 Å². The molecule has 37 heavy (non-hydrogen) atoms. The molecule has 0 N–H and O–H groups in total. The van der Waals surface area contributed by atoms with Crippen LogP contribution in [-0.2, 0) is 9.59 Å². The maximum absolute atomic E-state index is 13.5.